The number of nitrogen functional groups attached to an aromatic ring is 2. The van der Waals surface area contributed by atoms with E-state index in [1.165, 1.54) is 13.0 Å². The topological polar surface area (TPSA) is 212 Å². The SMILES string of the molecule is Cc1c(Br)cc(C2N=C(NC#N)Nc3nc(N)c(C#N)c(N)c32)c(O)c1[N+](=O)[O-]. The van der Waals surface area contributed by atoms with Gasteiger partial charge in [0.15, 0.2) is 11.9 Å². The zero-order valence-electron chi connectivity index (χ0n) is 14.7. The van der Waals surface area contributed by atoms with Gasteiger partial charge in [0, 0.05) is 21.2 Å². The number of aliphatic imine (C=N–C) groups is 1. The Balaban J connectivity index is 2.38. The van der Waals surface area contributed by atoms with Crippen molar-refractivity contribution in [2.45, 2.75) is 13.0 Å². The van der Waals surface area contributed by atoms with E-state index < -0.39 is 22.4 Å². The highest BCUT2D eigenvalue weighted by Crippen LogP contribution is 2.47. The predicted octanol–water partition coefficient (Wildman–Crippen LogP) is 1.74. The summed E-state index contributed by atoms with van der Waals surface area (Å²) in [6, 6.07) is 2.19. The fourth-order valence-corrected chi connectivity index (χ4v) is 3.41. The van der Waals surface area contributed by atoms with E-state index >= 15 is 0 Å². The standard InChI is InChI=1S/C16H12BrN9O3/c1-5-8(17)2-6(13(27)12(5)26(28)29)11-9-10(20)7(3-18)14(21)24-15(9)25-16(23-11)22-4-19/h2,11,27H,1H3,(H6,20,21,22,23,24,25). The second-order valence-electron chi connectivity index (χ2n) is 5.93. The zero-order chi connectivity index (χ0) is 21.5. The van der Waals surface area contributed by atoms with Gasteiger partial charge in [-0.3, -0.25) is 15.4 Å². The molecular weight excluding hydrogens is 446 g/mol. The summed E-state index contributed by atoms with van der Waals surface area (Å²) in [6.07, 6.45) is 1.69. The minimum atomic E-state index is -1.11. The molecule has 1 unspecified atom stereocenters. The Morgan fingerprint density at radius 2 is 2.14 bits per heavy atom. The molecule has 1 atom stereocenters. The molecule has 0 aliphatic carbocycles. The fraction of sp³-hybridized carbons (Fsp3) is 0.125. The van der Waals surface area contributed by atoms with Gasteiger partial charge in [-0.1, -0.05) is 15.9 Å². The number of hydrogen-bond donors (Lipinski definition) is 5. The van der Waals surface area contributed by atoms with Gasteiger partial charge in [0.1, 0.15) is 29.3 Å². The molecule has 0 saturated heterocycles. The van der Waals surface area contributed by atoms with E-state index in [-0.39, 0.29) is 45.5 Å². The van der Waals surface area contributed by atoms with E-state index in [1.807, 2.05) is 6.07 Å². The summed E-state index contributed by atoms with van der Waals surface area (Å²) < 4.78 is 0.351. The average Bonchev–Trinajstić information content (AvgIpc) is 2.64. The number of nitrogens with zero attached hydrogens (tertiary/aromatic N) is 5. The van der Waals surface area contributed by atoms with Gasteiger partial charge in [0.05, 0.1) is 10.6 Å². The summed E-state index contributed by atoms with van der Waals surface area (Å²) in [7, 11) is 0. The van der Waals surface area contributed by atoms with Crippen LogP contribution in [0.1, 0.15) is 28.3 Å². The molecule has 3 rings (SSSR count). The Kier molecular flexibility index (Phi) is 4.84. The number of rotatable bonds is 2. The van der Waals surface area contributed by atoms with Gasteiger partial charge in [-0.25, -0.2) is 9.98 Å². The van der Waals surface area contributed by atoms with Gasteiger partial charge in [0.2, 0.25) is 5.96 Å². The van der Waals surface area contributed by atoms with Crippen molar-refractivity contribution in [3.63, 3.8) is 0 Å². The van der Waals surface area contributed by atoms with Crippen LogP contribution in [0.2, 0.25) is 0 Å². The summed E-state index contributed by atoms with van der Waals surface area (Å²) in [6.45, 7) is 1.47. The van der Waals surface area contributed by atoms with Gasteiger partial charge in [0.25, 0.3) is 0 Å². The molecule has 7 N–H and O–H groups in total. The van der Waals surface area contributed by atoms with Gasteiger partial charge in [-0.15, -0.1) is 0 Å². The number of phenols is 1. The zero-order valence-corrected chi connectivity index (χ0v) is 16.3. The van der Waals surface area contributed by atoms with Gasteiger partial charge >= 0.3 is 5.69 Å². The number of guanidine groups is 1. The highest BCUT2D eigenvalue weighted by Gasteiger charge is 2.34. The van der Waals surface area contributed by atoms with E-state index in [2.05, 4.69) is 36.5 Å². The molecule has 2 heterocycles. The van der Waals surface area contributed by atoms with Crippen LogP contribution in [0.3, 0.4) is 0 Å². The molecule has 29 heavy (non-hydrogen) atoms. The van der Waals surface area contributed by atoms with Gasteiger partial charge in [-0.05, 0) is 13.0 Å². The van der Waals surface area contributed by atoms with Crippen LogP contribution in [0.4, 0.5) is 23.0 Å². The molecule has 2 aromatic rings. The van der Waals surface area contributed by atoms with Crippen molar-refractivity contribution in [3.8, 4) is 18.0 Å². The van der Waals surface area contributed by atoms with E-state index in [1.54, 1.807) is 6.19 Å². The molecule has 1 aliphatic rings. The summed E-state index contributed by atoms with van der Waals surface area (Å²) >= 11 is 3.24. The number of nitro benzene ring substituents is 1. The quantitative estimate of drug-likeness (QED) is 0.190. The molecule has 1 aromatic heterocycles. The number of fused-ring (bicyclic) bond motifs is 1. The van der Waals surface area contributed by atoms with Crippen molar-refractivity contribution < 1.29 is 10.0 Å². The second-order valence-corrected chi connectivity index (χ2v) is 6.78. The van der Waals surface area contributed by atoms with Crippen molar-refractivity contribution >= 4 is 44.9 Å². The van der Waals surface area contributed by atoms with E-state index in [9.17, 15) is 20.5 Å². The number of phenolic OH excluding ortho intramolecular Hbond substituents is 1. The van der Waals surface area contributed by atoms with Gasteiger partial charge < -0.3 is 21.9 Å². The maximum absolute atomic E-state index is 11.5. The van der Waals surface area contributed by atoms with Crippen molar-refractivity contribution in [2.75, 3.05) is 16.8 Å². The normalized spacial score (nSPS) is 14.6. The number of nitrogens with two attached hydrogens (primary N) is 2. The Bertz CT molecular complexity index is 1180. The molecule has 0 bridgehead atoms. The number of hydrogen-bond acceptors (Lipinski definition) is 11. The number of nitro groups is 1. The van der Waals surface area contributed by atoms with Crippen LogP contribution in [0, 0.1) is 39.8 Å². The monoisotopic (exact) mass is 457 g/mol. The number of nitrogens with one attached hydrogen (secondary N) is 2. The van der Waals surface area contributed by atoms with Crippen molar-refractivity contribution in [2.24, 2.45) is 4.99 Å². The first-order valence-electron chi connectivity index (χ1n) is 7.86. The maximum Gasteiger partial charge on any atom is 0.315 e. The largest absolute Gasteiger partial charge is 0.502 e. The van der Waals surface area contributed by atoms with Crippen LogP contribution >= 0.6 is 15.9 Å². The predicted molar refractivity (Wildman–Crippen MR) is 107 cm³/mol. The summed E-state index contributed by atoms with van der Waals surface area (Å²) in [5.41, 5.74) is 11.6. The fourth-order valence-electron chi connectivity index (χ4n) is 2.98. The maximum atomic E-state index is 11.5. The number of pyridine rings is 1. The summed E-state index contributed by atoms with van der Waals surface area (Å²) in [5.74, 6) is -0.716. The first-order valence-corrected chi connectivity index (χ1v) is 8.65. The number of halogens is 1. The highest BCUT2D eigenvalue weighted by atomic mass is 79.9. The molecule has 0 radical (unpaired) electrons. The average molecular weight is 458 g/mol. The van der Waals surface area contributed by atoms with E-state index in [4.69, 9.17) is 16.7 Å². The first-order chi connectivity index (χ1) is 13.7. The molecule has 0 spiro atoms. The second kappa shape index (κ2) is 7.14. The van der Waals surface area contributed by atoms with Crippen molar-refractivity contribution in [3.05, 3.63) is 42.9 Å². The number of aromatic hydroxyl groups is 1. The molecule has 1 aliphatic heterocycles. The highest BCUT2D eigenvalue weighted by molar-refractivity contribution is 9.10. The lowest BCUT2D eigenvalue weighted by atomic mass is 9.93. The molecule has 0 amide bonds. The summed E-state index contributed by atoms with van der Waals surface area (Å²) in [4.78, 5) is 19.1. The van der Waals surface area contributed by atoms with Crippen LogP contribution < -0.4 is 22.1 Å². The molecule has 12 nitrogen and oxygen atoms in total. The van der Waals surface area contributed by atoms with Crippen molar-refractivity contribution in [1.82, 2.24) is 10.3 Å². The van der Waals surface area contributed by atoms with E-state index in [0.717, 1.165) is 0 Å². The molecular formula is C16H12BrN9O3. The summed E-state index contributed by atoms with van der Waals surface area (Å²) in [5, 5.41) is 45.4. The number of anilines is 3. The molecule has 0 fully saturated rings. The Hall–Kier alpha value is -4.10. The van der Waals surface area contributed by atoms with Crippen LogP contribution in [0.25, 0.3) is 0 Å². The third-order valence-electron chi connectivity index (χ3n) is 4.33. The van der Waals surface area contributed by atoms with Crippen LogP contribution in [-0.2, 0) is 0 Å². The Morgan fingerprint density at radius 1 is 1.45 bits per heavy atom. The molecule has 0 saturated carbocycles. The number of benzene rings is 1. The smallest absolute Gasteiger partial charge is 0.315 e. The Morgan fingerprint density at radius 3 is 2.72 bits per heavy atom. The lowest BCUT2D eigenvalue weighted by molar-refractivity contribution is -0.386. The third-order valence-corrected chi connectivity index (χ3v) is 5.15. The van der Waals surface area contributed by atoms with E-state index in [0.29, 0.717) is 4.47 Å². The van der Waals surface area contributed by atoms with Crippen molar-refractivity contribution in [1.29, 1.82) is 10.5 Å². The number of nitriles is 2. The lowest BCUT2D eigenvalue weighted by Crippen LogP contribution is -2.32. The lowest BCUT2D eigenvalue weighted by Gasteiger charge is -2.26. The Labute approximate surface area is 171 Å². The molecule has 1 aromatic carbocycles. The van der Waals surface area contributed by atoms with Crippen LogP contribution in [0.15, 0.2) is 15.5 Å². The minimum Gasteiger partial charge on any atom is -0.502 e. The molecule has 146 valence electrons. The number of aromatic nitrogens is 1. The molecule has 13 heteroatoms. The third kappa shape index (κ3) is 3.09. The van der Waals surface area contributed by atoms with Crippen LogP contribution in [0.5, 0.6) is 5.75 Å². The van der Waals surface area contributed by atoms with Gasteiger partial charge in [-0.2, -0.15) is 10.5 Å². The van der Waals surface area contributed by atoms with Crippen LogP contribution in [-0.4, -0.2) is 21.0 Å². The minimum absolute atomic E-state index is 0.0244. The first kappa shape index (κ1) is 19.7.